The van der Waals surface area contributed by atoms with E-state index in [1.165, 1.54) is 0 Å². The van der Waals surface area contributed by atoms with Gasteiger partial charge in [0.1, 0.15) is 5.75 Å². The molecule has 0 radical (unpaired) electrons. The van der Waals surface area contributed by atoms with Crippen LogP contribution in [-0.2, 0) is 6.42 Å². The first kappa shape index (κ1) is 15.0. The van der Waals surface area contributed by atoms with Crippen LogP contribution >= 0.6 is 15.9 Å². The van der Waals surface area contributed by atoms with Gasteiger partial charge in [0.25, 0.3) is 0 Å². The normalized spacial score (nSPS) is 12.2. The molecule has 0 amide bonds. The van der Waals surface area contributed by atoms with Crippen molar-refractivity contribution in [3.8, 4) is 5.75 Å². The maximum absolute atomic E-state index is 5.71. The first-order valence-electron chi connectivity index (χ1n) is 6.35. The molecule has 1 heterocycles. The topological polar surface area (TPSA) is 60.2 Å². The summed E-state index contributed by atoms with van der Waals surface area (Å²) in [5.41, 5.74) is 6.05. The van der Waals surface area contributed by atoms with Gasteiger partial charge in [0.05, 0.1) is 13.2 Å². The number of aryl methyl sites for hydroxylation is 1. The van der Waals surface area contributed by atoms with E-state index in [9.17, 15) is 0 Å². The highest BCUT2D eigenvalue weighted by Gasteiger charge is 2.14. The number of benzene rings is 1. The molecule has 2 aromatic rings. The van der Waals surface area contributed by atoms with Crippen molar-refractivity contribution in [1.82, 2.24) is 10.4 Å². The number of hydrazine groups is 1. The van der Waals surface area contributed by atoms with Crippen molar-refractivity contribution in [2.45, 2.75) is 19.4 Å². The minimum atomic E-state index is 0.0138. The molecule has 0 spiro atoms. The van der Waals surface area contributed by atoms with Crippen molar-refractivity contribution in [2.75, 3.05) is 7.11 Å². The van der Waals surface area contributed by atoms with E-state index in [1.807, 2.05) is 31.2 Å². The van der Waals surface area contributed by atoms with E-state index in [0.717, 1.165) is 33.5 Å². The molecule has 0 saturated heterocycles. The fourth-order valence-corrected chi connectivity index (χ4v) is 2.59. The van der Waals surface area contributed by atoms with Gasteiger partial charge in [-0.1, -0.05) is 15.9 Å². The number of aromatic nitrogens is 1. The lowest BCUT2D eigenvalue weighted by Crippen LogP contribution is -2.29. The lowest BCUT2D eigenvalue weighted by Gasteiger charge is -2.18. The molecule has 20 heavy (non-hydrogen) atoms. The standard InChI is InChI=1S/C15H18BrN3O/c1-10-7-11(5-6-18-10)14(19-17)9-12-8-13(16)3-4-15(12)20-2/h3-8,14,19H,9,17H2,1-2H3. The van der Waals surface area contributed by atoms with Crippen LogP contribution in [0.15, 0.2) is 41.0 Å². The Kier molecular flexibility index (Phi) is 5.11. The molecule has 1 aromatic carbocycles. The smallest absolute Gasteiger partial charge is 0.122 e. The van der Waals surface area contributed by atoms with E-state index in [-0.39, 0.29) is 6.04 Å². The summed E-state index contributed by atoms with van der Waals surface area (Å²) in [6.45, 7) is 1.97. The Hall–Kier alpha value is -1.43. The quantitative estimate of drug-likeness (QED) is 0.651. The summed E-state index contributed by atoms with van der Waals surface area (Å²) in [5, 5.41) is 0. The zero-order valence-electron chi connectivity index (χ0n) is 11.6. The highest BCUT2D eigenvalue weighted by atomic mass is 79.9. The Morgan fingerprint density at radius 1 is 1.35 bits per heavy atom. The molecular formula is C15H18BrN3O. The molecule has 0 saturated carbocycles. The molecule has 5 heteroatoms. The second-order valence-electron chi connectivity index (χ2n) is 4.61. The van der Waals surface area contributed by atoms with Crippen molar-refractivity contribution in [1.29, 1.82) is 0 Å². The van der Waals surface area contributed by atoms with Gasteiger partial charge in [-0.2, -0.15) is 0 Å². The predicted octanol–water partition coefficient (Wildman–Crippen LogP) is 2.91. The molecule has 2 rings (SSSR count). The Labute approximate surface area is 127 Å². The maximum Gasteiger partial charge on any atom is 0.122 e. The van der Waals surface area contributed by atoms with Crippen LogP contribution in [0, 0.1) is 6.92 Å². The molecule has 0 fully saturated rings. The number of ether oxygens (including phenoxy) is 1. The second-order valence-corrected chi connectivity index (χ2v) is 5.53. The van der Waals surface area contributed by atoms with Gasteiger partial charge in [-0.25, -0.2) is 0 Å². The molecule has 4 nitrogen and oxygen atoms in total. The lowest BCUT2D eigenvalue weighted by molar-refractivity contribution is 0.405. The molecule has 3 N–H and O–H groups in total. The van der Waals surface area contributed by atoms with Gasteiger partial charge in [-0.3, -0.25) is 16.3 Å². The van der Waals surface area contributed by atoms with E-state index in [1.54, 1.807) is 13.3 Å². The minimum absolute atomic E-state index is 0.0138. The number of methoxy groups -OCH3 is 1. The lowest BCUT2D eigenvalue weighted by atomic mass is 9.99. The third kappa shape index (κ3) is 3.56. The first-order chi connectivity index (χ1) is 9.63. The van der Waals surface area contributed by atoms with Gasteiger partial charge in [0.2, 0.25) is 0 Å². The van der Waals surface area contributed by atoms with Crippen LogP contribution in [0.25, 0.3) is 0 Å². The summed E-state index contributed by atoms with van der Waals surface area (Å²) in [6, 6.07) is 9.99. The third-order valence-corrected chi connectivity index (χ3v) is 3.68. The zero-order chi connectivity index (χ0) is 14.5. The molecular weight excluding hydrogens is 318 g/mol. The number of rotatable bonds is 5. The van der Waals surface area contributed by atoms with E-state index >= 15 is 0 Å². The fraction of sp³-hybridized carbons (Fsp3) is 0.267. The van der Waals surface area contributed by atoms with Gasteiger partial charge in [-0.15, -0.1) is 0 Å². The number of nitrogens with zero attached hydrogens (tertiary/aromatic N) is 1. The Bertz CT molecular complexity index is 589. The monoisotopic (exact) mass is 335 g/mol. The minimum Gasteiger partial charge on any atom is -0.496 e. The summed E-state index contributed by atoms with van der Waals surface area (Å²) < 4.78 is 6.43. The van der Waals surface area contributed by atoms with Gasteiger partial charge in [-0.05, 0) is 54.8 Å². The summed E-state index contributed by atoms with van der Waals surface area (Å²) in [6.07, 6.45) is 2.54. The number of pyridine rings is 1. The van der Waals surface area contributed by atoms with Gasteiger partial charge >= 0.3 is 0 Å². The second kappa shape index (κ2) is 6.83. The van der Waals surface area contributed by atoms with Crippen molar-refractivity contribution < 1.29 is 4.74 Å². The fourth-order valence-electron chi connectivity index (χ4n) is 2.18. The molecule has 0 aliphatic rings. The van der Waals surface area contributed by atoms with Crippen LogP contribution in [0.4, 0.5) is 0 Å². The van der Waals surface area contributed by atoms with E-state index in [0.29, 0.717) is 0 Å². The number of nitrogens with one attached hydrogen (secondary N) is 1. The maximum atomic E-state index is 5.71. The van der Waals surface area contributed by atoms with Crippen molar-refractivity contribution in [3.05, 3.63) is 57.8 Å². The zero-order valence-corrected chi connectivity index (χ0v) is 13.1. The van der Waals surface area contributed by atoms with Crippen LogP contribution in [0.5, 0.6) is 5.75 Å². The van der Waals surface area contributed by atoms with Crippen LogP contribution < -0.4 is 16.0 Å². The summed E-state index contributed by atoms with van der Waals surface area (Å²) in [4.78, 5) is 4.21. The Morgan fingerprint density at radius 2 is 2.15 bits per heavy atom. The largest absolute Gasteiger partial charge is 0.496 e. The van der Waals surface area contributed by atoms with Crippen LogP contribution in [0.1, 0.15) is 22.9 Å². The third-order valence-electron chi connectivity index (χ3n) is 3.19. The Morgan fingerprint density at radius 3 is 2.80 bits per heavy atom. The highest BCUT2D eigenvalue weighted by Crippen LogP contribution is 2.27. The Balaban J connectivity index is 2.28. The highest BCUT2D eigenvalue weighted by molar-refractivity contribution is 9.10. The SMILES string of the molecule is COc1ccc(Br)cc1CC(NN)c1ccnc(C)c1. The van der Waals surface area contributed by atoms with Gasteiger partial charge < -0.3 is 4.74 Å². The first-order valence-corrected chi connectivity index (χ1v) is 7.14. The number of hydrogen-bond acceptors (Lipinski definition) is 4. The molecule has 0 aliphatic carbocycles. The van der Waals surface area contributed by atoms with Gasteiger partial charge in [0, 0.05) is 16.4 Å². The van der Waals surface area contributed by atoms with Crippen LogP contribution in [0.2, 0.25) is 0 Å². The number of hydrogen-bond donors (Lipinski definition) is 2. The molecule has 1 aromatic heterocycles. The molecule has 1 unspecified atom stereocenters. The van der Waals surface area contributed by atoms with Crippen molar-refractivity contribution in [2.24, 2.45) is 5.84 Å². The van der Waals surface area contributed by atoms with E-state index in [4.69, 9.17) is 10.6 Å². The van der Waals surface area contributed by atoms with Crippen molar-refractivity contribution >= 4 is 15.9 Å². The van der Waals surface area contributed by atoms with Crippen LogP contribution in [-0.4, -0.2) is 12.1 Å². The number of halogens is 1. The predicted molar refractivity (Wildman–Crippen MR) is 83.4 cm³/mol. The van der Waals surface area contributed by atoms with Crippen LogP contribution in [0.3, 0.4) is 0 Å². The summed E-state index contributed by atoms with van der Waals surface area (Å²) in [5.74, 6) is 6.57. The van der Waals surface area contributed by atoms with E-state index < -0.39 is 0 Å². The van der Waals surface area contributed by atoms with Crippen molar-refractivity contribution in [3.63, 3.8) is 0 Å². The average Bonchev–Trinajstić information content (AvgIpc) is 2.45. The van der Waals surface area contributed by atoms with Gasteiger partial charge in [0.15, 0.2) is 0 Å². The molecule has 0 bridgehead atoms. The number of nitrogens with two attached hydrogens (primary N) is 1. The molecule has 106 valence electrons. The molecule has 1 atom stereocenters. The summed E-state index contributed by atoms with van der Waals surface area (Å²) >= 11 is 3.49. The average molecular weight is 336 g/mol. The van der Waals surface area contributed by atoms with E-state index in [2.05, 4.69) is 32.4 Å². The summed E-state index contributed by atoms with van der Waals surface area (Å²) in [7, 11) is 1.67. The molecule has 0 aliphatic heterocycles.